The van der Waals surface area contributed by atoms with Crippen LogP contribution in [0.4, 0.5) is 0 Å². The molecule has 4 unspecified atom stereocenters. The van der Waals surface area contributed by atoms with Gasteiger partial charge in [-0.05, 0) is 48.3 Å². The lowest BCUT2D eigenvalue weighted by atomic mass is 9.74. The second kappa shape index (κ2) is 3.51. The third-order valence-corrected chi connectivity index (χ3v) is 4.92. The van der Waals surface area contributed by atoms with Crippen LogP contribution in [-0.2, 0) is 0 Å². The lowest BCUT2D eigenvalue weighted by Gasteiger charge is -2.31. The van der Waals surface area contributed by atoms with E-state index in [1.807, 2.05) is 0 Å². The van der Waals surface area contributed by atoms with Gasteiger partial charge in [-0.15, -0.1) is 0 Å². The molecule has 0 aromatic rings. The highest BCUT2D eigenvalue weighted by atomic mass is 14.7. The second-order valence-corrected chi connectivity index (χ2v) is 6.34. The Labute approximate surface area is 93.9 Å². The Kier molecular flexibility index (Phi) is 2.57. The lowest BCUT2D eigenvalue weighted by Crippen LogP contribution is -2.26. The van der Waals surface area contributed by atoms with E-state index in [0.29, 0.717) is 11.3 Å². The van der Waals surface area contributed by atoms with Crippen LogP contribution in [0.2, 0.25) is 0 Å². The summed E-state index contributed by atoms with van der Waals surface area (Å²) in [5.74, 6) is 3.59. The molecule has 2 aliphatic rings. The molecule has 0 saturated heterocycles. The van der Waals surface area contributed by atoms with Crippen molar-refractivity contribution in [3.63, 3.8) is 0 Å². The van der Waals surface area contributed by atoms with E-state index in [9.17, 15) is 0 Å². The topological polar surface area (TPSA) is 23.8 Å². The molecule has 1 nitrogen and oxygen atoms in total. The summed E-state index contributed by atoms with van der Waals surface area (Å²) in [4.78, 5) is 0. The molecule has 0 bridgehead atoms. The van der Waals surface area contributed by atoms with Crippen LogP contribution < -0.4 is 0 Å². The molecule has 2 saturated carbocycles. The molecule has 2 rings (SSSR count). The average Bonchev–Trinajstić information content (AvgIpc) is 2.68. The van der Waals surface area contributed by atoms with E-state index < -0.39 is 0 Å². The van der Waals surface area contributed by atoms with Gasteiger partial charge in [0, 0.05) is 0 Å². The zero-order valence-corrected chi connectivity index (χ0v) is 10.5. The third-order valence-electron chi connectivity index (χ3n) is 4.92. The average molecular weight is 205 g/mol. The summed E-state index contributed by atoms with van der Waals surface area (Å²) in [5.41, 5.74) is 0.442. The smallest absolute Gasteiger partial charge is 0.0661 e. The Morgan fingerprint density at radius 1 is 1.20 bits per heavy atom. The minimum atomic E-state index is 0.383. The predicted octanol–water partition coefficient (Wildman–Crippen LogP) is 3.85. The van der Waals surface area contributed by atoms with Gasteiger partial charge in [0.05, 0.1) is 12.0 Å². The van der Waals surface area contributed by atoms with Gasteiger partial charge in [0.1, 0.15) is 0 Å². The molecule has 15 heavy (non-hydrogen) atoms. The summed E-state index contributed by atoms with van der Waals surface area (Å²) in [6, 6.07) is 2.52. The van der Waals surface area contributed by atoms with Gasteiger partial charge in [0.25, 0.3) is 0 Å². The Hall–Kier alpha value is -0.510. The van der Waals surface area contributed by atoms with Crippen molar-refractivity contribution < 1.29 is 0 Å². The van der Waals surface area contributed by atoms with Crippen molar-refractivity contribution >= 4 is 0 Å². The fraction of sp³-hybridized carbons (Fsp3) is 0.929. The standard InChI is InChI=1S/C14H23N/c1-9(2)12-5-6-14(7-11(14)8-15)13(12)10(3)4/h9-13H,5-7H2,1-4H3. The Bertz CT molecular complexity index is 286. The summed E-state index contributed by atoms with van der Waals surface area (Å²) >= 11 is 0. The van der Waals surface area contributed by atoms with Crippen LogP contribution in [0.15, 0.2) is 0 Å². The first-order chi connectivity index (χ1) is 7.03. The molecule has 1 spiro atoms. The normalized spacial score (nSPS) is 43.9. The molecule has 0 N–H and O–H groups in total. The van der Waals surface area contributed by atoms with E-state index in [-0.39, 0.29) is 0 Å². The van der Waals surface area contributed by atoms with Gasteiger partial charge in [0.15, 0.2) is 0 Å². The van der Waals surface area contributed by atoms with Crippen LogP contribution in [0.3, 0.4) is 0 Å². The van der Waals surface area contributed by atoms with Gasteiger partial charge in [0.2, 0.25) is 0 Å². The highest BCUT2D eigenvalue weighted by molar-refractivity contribution is 5.19. The van der Waals surface area contributed by atoms with Gasteiger partial charge in [-0.3, -0.25) is 0 Å². The minimum absolute atomic E-state index is 0.383. The SMILES string of the molecule is CC(C)C1CCC2(CC2C#N)C1C(C)C. The van der Waals surface area contributed by atoms with Gasteiger partial charge < -0.3 is 0 Å². The van der Waals surface area contributed by atoms with Crippen molar-refractivity contribution in [2.45, 2.75) is 47.0 Å². The number of nitriles is 1. The first-order valence-corrected chi connectivity index (χ1v) is 6.42. The fourth-order valence-electron chi connectivity index (χ4n) is 4.25. The highest BCUT2D eigenvalue weighted by Gasteiger charge is 2.64. The molecule has 0 aliphatic heterocycles. The van der Waals surface area contributed by atoms with E-state index in [4.69, 9.17) is 5.26 Å². The molecular formula is C14H23N. The third kappa shape index (κ3) is 1.50. The summed E-state index contributed by atoms with van der Waals surface area (Å²) in [7, 11) is 0. The number of hydrogen-bond donors (Lipinski definition) is 0. The molecule has 0 heterocycles. The van der Waals surface area contributed by atoms with E-state index in [2.05, 4.69) is 33.8 Å². The van der Waals surface area contributed by atoms with Crippen LogP contribution in [0.5, 0.6) is 0 Å². The lowest BCUT2D eigenvalue weighted by molar-refractivity contribution is 0.170. The van der Waals surface area contributed by atoms with Gasteiger partial charge in [-0.1, -0.05) is 27.7 Å². The van der Waals surface area contributed by atoms with Gasteiger partial charge >= 0.3 is 0 Å². The molecule has 2 fully saturated rings. The maximum absolute atomic E-state index is 9.11. The van der Waals surface area contributed by atoms with Crippen LogP contribution in [0.25, 0.3) is 0 Å². The van der Waals surface area contributed by atoms with Crippen LogP contribution in [0, 0.1) is 46.3 Å². The summed E-state index contributed by atoms with van der Waals surface area (Å²) in [6.07, 6.45) is 3.87. The second-order valence-electron chi connectivity index (χ2n) is 6.34. The van der Waals surface area contributed by atoms with Crippen LogP contribution >= 0.6 is 0 Å². The molecular weight excluding hydrogens is 182 g/mol. The summed E-state index contributed by atoms with van der Waals surface area (Å²) in [5, 5.41) is 9.11. The zero-order valence-electron chi connectivity index (χ0n) is 10.5. The largest absolute Gasteiger partial charge is 0.198 e. The van der Waals surface area contributed by atoms with E-state index in [1.54, 1.807) is 0 Å². The Morgan fingerprint density at radius 2 is 1.87 bits per heavy atom. The predicted molar refractivity (Wildman–Crippen MR) is 62.0 cm³/mol. The quantitative estimate of drug-likeness (QED) is 0.671. The van der Waals surface area contributed by atoms with Crippen molar-refractivity contribution in [3.8, 4) is 6.07 Å². The van der Waals surface area contributed by atoms with E-state index in [1.165, 1.54) is 19.3 Å². The molecule has 0 radical (unpaired) electrons. The maximum Gasteiger partial charge on any atom is 0.0661 e. The van der Waals surface area contributed by atoms with Crippen molar-refractivity contribution in [2.75, 3.05) is 0 Å². The first-order valence-electron chi connectivity index (χ1n) is 6.42. The number of hydrogen-bond acceptors (Lipinski definition) is 1. The molecule has 0 aromatic heterocycles. The van der Waals surface area contributed by atoms with Crippen molar-refractivity contribution in [2.24, 2.45) is 35.0 Å². The molecule has 1 heteroatoms. The molecule has 2 aliphatic carbocycles. The van der Waals surface area contributed by atoms with E-state index in [0.717, 1.165) is 23.7 Å². The van der Waals surface area contributed by atoms with Crippen molar-refractivity contribution in [1.82, 2.24) is 0 Å². The maximum atomic E-state index is 9.11. The zero-order chi connectivity index (χ0) is 11.2. The molecule has 0 amide bonds. The van der Waals surface area contributed by atoms with Gasteiger partial charge in [-0.2, -0.15) is 5.26 Å². The van der Waals surface area contributed by atoms with Gasteiger partial charge in [-0.25, -0.2) is 0 Å². The summed E-state index contributed by atoms with van der Waals surface area (Å²) < 4.78 is 0. The molecule has 84 valence electrons. The Balaban J connectivity index is 2.20. The number of rotatable bonds is 2. The molecule has 4 atom stereocenters. The monoisotopic (exact) mass is 205 g/mol. The first kappa shape index (κ1) is 11.0. The fourth-order valence-corrected chi connectivity index (χ4v) is 4.25. The van der Waals surface area contributed by atoms with Crippen molar-refractivity contribution in [1.29, 1.82) is 5.26 Å². The van der Waals surface area contributed by atoms with Crippen LogP contribution in [0.1, 0.15) is 47.0 Å². The molecule has 0 aromatic carbocycles. The summed E-state index contributed by atoms with van der Waals surface area (Å²) in [6.45, 7) is 9.39. The van der Waals surface area contributed by atoms with Crippen LogP contribution in [-0.4, -0.2) is 0 Å². The minimum Gasteiger partial charge on any atom is -0.198 e. The van der Waals surface area contributed by atoms with E-state index >= 15 is 0 Å². The number of nitrogens with zero attached hydrogens (tertiary/aromatic N) is 1. The Morgan fingerprint density at radius 3 is 2.27 bits per heavy atom. The highest BCUT2D eigenvalue weighted by Crippen LogP contribution is 2.69. The van der Waals surface area contributed by atoms with Crippen molar-refractivity contribution in [3.05, 3.63) is 0 Å².